The highest BCUT2D eigenvalue weighted by Crippen LogP contribution is 2.23. The van der Waals surface area contributed by atoms with E-state index in [1.807, 2.05) is 32.0 Å². The van der Waals surface area contributed by atoms with Gasteiger partial charge >= 0.3 is 0 Å². The Morgan fingerprint density at radius 3 is 2.47 bits per heavy atom. The maximum Gasteiger partial charge on any atom is 0.123 e. The third-order valence-corrected chi connectivity index (χ3v) is 2.84. The number of ether oxygens (including phenoxy) is 1. The lowest BCUT2D eigenvalue weighted by molar-refractivity contribution is 0.242. The predicted molar refractivity (Wildman–Crippen MR) is 83.8 cm³/mol. The van der Waals surface area contributed by atoms with Gasteiger partial charge in [-0.2, -0.15) is 0 Å². The van der Waals surface area contributed by atoms with Crippen LogP contribution in [0.2, 0.25) is 0 Å². The van der Waals surface area contributed by atoms with Gasteiger partial charge in [-0.1, -0.05) is 26.7 Å². The molecule has 0 bridgehead atoms. The van der Waals surface area contributed by atoms with E-state index in [9.17, 15) is 0 Å². The van der Waals surface area contributed by atoms with Gasteiger partial charge in [-0.3, -0.25) is 0 Å². The highest BCUT2D eigenvalue weighted by molar-refractivity contribution is 5.59. The molecular formula is C16H28N2O. The van der Waals surface area contributed by atoms with Gasteiger partial charge in [0.1, 0.15) is 5.75 Å². The molecule has 0 fully saturated rings. The smallest absolute Gasteiger partial charge is 0.123 e. The Morgan fingerprint density at radius 1 is 1.11 bits per heavy atom. The lowest BCUT2D eigenvalue weighted by atomic mass is 10.1. The van der Waals surface area contributed by atoms with E-state index in [2.05, 4.69) is 19.2 Å². The number of anilines is 2. The van der Waals surface area contributed by atoms with E-state index < -0.39 is 0 Å². The maximum absolute atomic E-state index is 5.89. The van der Waals surface area contributed by atoms with Crippen LogP contribution in [0.3, 0.4) is 0 Å². The second-order valence-corrected chi connectivity index (χ2v) is 5.77. The summed E-state index contributed by atoms with van der Waals surface area (Å²) in [5.41, 5.74) is 7.67. The van der Waals surface area contributed by atoms with Crippen LogP contribution in [0.4, 0.5) is 11.4 Å². The van der Waals surface area contributed by atoms with Gasteiger partial charge in [-0.15, -0.1) is 0 Å². The van der Waals surface area contributed by atoms with E-state index in [-0.39, 0.29) is 6.10 Å². The molecule has 0 unspecified atom stereocenters. The highest BCUT2D eigenvalue weighted by Gasteiger charge is 2.02. The van der Waals surface area contributed by atoms with Gasteiger partial charge < -0.3 is 15.8 Å². The zero-order valence-corrected chi connectivity index (χ0v) is 12.7. The molecule has 0 amide bonds. The second kappa shape index (κ2) is 7.93. The SMILES string of the molecule is CC(C)CCCCNc1cc(N)cc(OC(C)C)c1. The second-order valence-electron chi connectivity index (χ2n) is 5.77. The fraction of sp³-hybridized carbons (Fsp3) is 0.625. The lowest BCUT2D eigenvalue weighted by Crippen LogP contribution is -2.07. The lowest BCUT2D eigenvalue weighted by Gasteiger charge is -2.13. The van der Waals surface area contributed by atoms with E-state index in [0.717, 1.165) is 29.6 Å². The molecule has 3 N–H and O–H groups in total. The van der Waals surface area contributed by atoms with Gasteiger partial charge in [0.25, 0.3) is 0 Å². The Hall–Kier alpha value is -1.38. The van der Waals surface area contributed by atoms with Crippen molar-refractivity contribution in [2.45, 2.75) is 53.1 Å². The Bertz CT molecular complexity index is 375. The molecule has 0 heterocycles. The van der Waals surface area contributed by atoms with Crippen molar-refractivity contribution in [1.82, 2.24) is 0 Å². The summed E-state index contributed by atoms with van der Waals surface area (Å²) in [6, 6.07) is 5.83. The normalized spacial score (nSPS) is 11.1. The third-order valence-electron chi connectivity index (χ3n) is 2.84. The molecule has 3 heteroatoms. The Labute approximate surface area is 117 Å². The summed E-state index contributed by atoms with van der Waals surface area (Å²) in [6.45, 7) is 9.55. The first-order valence-electron chi connectivity index (χ1n) is 7.28. The van der Waals surface area contributed by atoms with Crippen molar-refractivity contribution in [3.05, 3.63) is 18.2 Å². The number of rotatable bonds is 8. The van der Waals surface area contributed by atoms with Crippen molar-refractivity contribution in [1.29, 1.82) is 0 Å². The summed E-state index contributed by atoms with van der Waals surface area (Å²) in [7, 11) is 0. The largest absolute Gasteiger partial charge is 0.491 e. The van der Waals surface area contributed by atoms with Crippen molar-refractivity contribution in [3.8, 4) is 5.75 Å². The summed E-state index contributed by atoms with van der Waals surface area (Å²) in [6.07, 6.45) is 3.91. The number of nitrogens with one attached hydrogen (secondary N) is 1. The molecule has 0 saturated heterocycles. The number of nitrogen functional groups attached to an aromatic ring is 1. The first kappa shape index (κ1) is 15.7. The maximum atomic E-state index is 5.89. The predicted octanol–water partition coefficient (Wildman–Crippen LogP) is 4.29. The van der Waals surface area contributed by atoms with E-state index >= 15 is 0 Å². The van der Waals surface area contributed by atoms with Crippen LogP contribution in [0.1, 0.15) is 47.0 Å². The first-order valence-corrected chi connectivity index (χ1v) is 7.28. The summed E-state index contributed by atoms with van der Waals surface area (Å²) < 4.78 is 5.67. The summed E-state index contributed by atoms with van der Waals surface area (Å²) >= 11 is 0. The summed E-state index contributed by atoms with van der Waals surface area (Å²) in [5.74, 6) is 1.62. The molecule has 0 radical (unpaired) electrons. The Kier molecular flexibility index (Phi) is 6.54. The molecule has 0 aliphatic rings. The minimum absolute atomic E-state index is 0.167. The molecule has 3 nitrogen and oxygen atoms in total. The van der Waals surface area contributed by atoms with E-state index in [1.165, 1.54) is 19.3 Å². The number of hydrogen-bond donors (Lipinski definition) is 2. The molecule has 108 valence electrons. The molecule has 1 aromatic rings. The topological polar surface area (TPSA) is 47.3 Å². The van der Waals surface area contributed by atoms with Gasteiger partial charge in [0.15, 0.2) is 0 Å². The van der Waals surface area contributed by atoms with Gasteiger partial charge in [0.05, 0.1) is 6.10 Å². The van der Waals surface area contributed by atoms with Crippen molar-refractivity contribution in [3.63, 3.8) is 0 Å². The van der Waals surface area contributed by atoms with Crippen LogP contribution in [-0.2, 0) is 0 Å². The molecule has 0 spiro atoms. The monoisotopic (exact) mass is 264 g/mol. The quantitative estimate of drug-likeness (QED) is 0.544. The van der Waals surface area contributed by atoms with Crippen molar-refractivity contribution in [2.75, 3.05) is 17.6 Å². The molecular weight excluding hydrogens is 236 g/mol. The fourth-order valence-electron chi connectivity index (χ4n) is 1.97. The van der Waals surface area contributed by atoms with Crippen LogP contribution in [0, 0.1) is 5.92 Å². The standard InChI is InChI=1S/C16H28N2O/c1-12(2)7-5-6-8-18-15-9-14(17)10-16(11-15)19-13(3)4/h9-13,18H,5-8,17H2,1-4H3. The average molecular weight is 264 g/mol. The highest BCUT2D eigenvalue weighted by atomic mass is 16.5. The van der Waals surface area contributed by atoms with Gasteiger partial charge in [0, 0.05) is 30.1 Å². The molecule has 1 rings (SSSR count). The molecule has 0 aliphatic heterocycles. The Morgan fingerprint density at radius 2 is 1.84 bits per heavy atom. The Balaban J connectivity index is 2.42. The third kappa shape index (κ3) is 6.94. The van der Waals surface area contributed by atoms with Crippen molar-refractivity contribution in [2.24, 2.45) is 5.92 Å². The van der Waals surface area contributed by atoms with Crippen molar-refractivity contribution >= 4 is 11.4 Å². The molecule has 1 aromatic carbocycles. The number of benzene rings is 1. The molecule has 19 heavy (non-hydrogen) atoms. The van der Waals surface area contributed by atoms with Crippen molar-refractivity contribution < 1.29 is 4.74 Å². The van der Waals surface area contributed by atoms with Crippen LogP contribution in [0.5, 0.6) is 5.75 Å². The fourth-order valence-corrected chi connectivity index (χ4v) is 1.97. The number of nitrogens with two attached hydrogens (primary N) is 1. The van der Waals surface area contributed by atoms with E-state index in [1.54, 1.807) is 0 Å². The zero-order chi connectivity index (χ0) is 14.3. The van der Waals surface area contributed by atoms with Gasteiger partial charge in [-0.05, 0) is 32.3 Å². The minimum Gasteiger partial charge on any atom is -0.491 e. The van der Waals surface area contributed by atoms with Crippen LogP contribution in [-0.4, -0.2) is 12.6 Å². The first-order chi connectivity index (χ1) is 8.97. The van der Waals surface area contributed by atoms with Crippen LogP contribution in [0.15, 0.2) is 18.2 Å². The number of hydrogen-bond acceptors (Lipinski definition) is 3. The number of unbranched alkanes of at least 4 members (excludes halogenated alkanes) is 1. The molecule has 0 saturated carbocycles. The molecule has 0 aliphatic carbocycles. The molecule has 0 aromatic heterocycles. The minimum atomic E-state index is 0.167. The van der Waals surface area contributed by atoms with Crippen LogP contribution in [0.25, 0.3) is 0 Å². The summed E-state index contributed by atoms with van der Waals surface area (Å²) in [5, 5.41) is 3.41. The van der Waals surface area contributed by atoms with Crippen LogP contribution < -0.4 is 15.8 Å². The van der Waals surface area contributed by atoms with Gasteiger partial charge in [0.2, 0.25) is 0 Å². The average Bonchev–Trinajstić information content (AvgIpc) is 2.26. The van der Waals surface area contributed by atoms with E-state index in [4.69, 9.17) is 10.5 Å². The zero-order valence-electron chi connectivity index (χ0n) is 12.7. The molecule has 0 atom stereocenters. The van der Waals surface area contributed by atoms with Crippen LogP contribution >= 0.6 is 0 Å². The summed E-state index contributed by atoms with van der Waals surface area (Å²) in [4.78, 5) is 0. The van der Waals surface area contributed by atoms with E-state index in [0.29, 0.717) is 0 Å². The van der Waals surface area contributed by atoms with Gasteiger partial charge in [-0.25, -0.2) is 0 Å².